The van der Waals surface area contributed by atoms with Crippen LogP contribution in [0.1, 0.15) is 35.4 Å². The third kappa shape index (κ3) is 3.67. The molecule has 25 heavy (non-hydrogen) atoms. The number of piperidine rings is 1. The zero-order valence-corrected chi connectivity index (χ0v) is 14.6. The van der Waals surface area contributed by atoms with Crippen LogP contribution in [0.25, 0.3) is 11.0 Å². The average Bonchev–Trinajstić information content (AvgIpc) is 2.63. The third-order valence-electron chi connectivity index (χ3n) is 5.23. The molecular weight excluding hydrogens is 310 g/mol. The van der Waals surface area contributed by atoms with Crippen LogP contribution in [0.3, 0.4) is 0 Å². The van der Waals surface area contributed by atoms with Crippen LogP contribution in [0.2, 0.25) is 0 Å². The van der Waals surface area contributed by atoms with Crippen molar-refractivity contribution < 1.29 is 4.42 Å². The van der Waals surface area contributed by atoms with E-state index in [4.69, 9.17) is 4.42 Å². The first-order chi connectivity index (χ1) is 12.2. The van der Waals surface area contributed by atoms with E-state index in [1.807, 2.05) is 18.2 Å². The van der Waals surface area contributed by atoms with E-state index in [1.54, 1.807) is 0 Å². The predicted octanol–water partition coefficient (Wildman–Crippen LogP) is 4.48. The van der Waals surface area contributed by atoms with Gasteiger partial charge in [0, 0.05) is 18.0 Å². The van der Waals surface area contributed by atoms with Gasteiger partial charge in [-0.1, -0.05) is 42.0 Å². The second-order valence-corrected chi connectivity index (χ2v) is 7.09. The number of benzene rings is 2. The highest BCUT2D eigenvalue weighted by Gasteiger charge is 2.20. The fourth-order valence-corrected chi connectivity index (χ4v) is 3.72. The number of fused-ring (bicyclic) bond motifs is 1. The smallest absolute Gasteiger partial charge is 0.336 e. The first-order valence-corrected chi connectivity index (χ1v) is 8.99. The maximum atomic E-state index is 11.4. The van der Waals surface area contributed by atoms with E-state index in [0.29, 0.717) is 11.5 Å². The van der Waals surface area contributed by atoms with Crippen molar-refractivity contribution in [3.63, 3.8) is 0 Å². The molecule has 3 heteroatoms. The van der Waals surface area contributed by atoms with E-state index < -0.39 is 0 Å². The third-order valence-corrected chi connectivity index (χ3v) is 5.23. The fourth-order valence-electron chi connectivity index (χ4n) is 3.72. The lowest BCUT2D eigenvalue weighted by Crippen LogP contribution is -2.32. The van der Waals surface area contributed by atoms with Gasteiger partial charge in [-0.05, 0) is 62.0 Å². The summed E-state index contributed by atoms with van der Waals surface area (Å²) in [5, 5.41) is 0.974. The molecule has 0 amide bonds. The highest BCUT2D eigenvalue weighted by atomic mass is 16.4. The summed E-state index contributed by atoms with van der Waals surface area (Å²) in [4.78, 5) is 13.9. The van der Waals surface area contributed by atoms with Gasteiger partial charge >= 0.3 is 5.63 Å². The number of likely N-dealkylation sites (tertiary alicyclic amines) is 1. The van der Waals surface area contributed by atoms with E-state index in [2.05, 4.69) is 42.2 Å². The Morgan fingerprint density at radius 3 is 2.48 bits per heavy atom. The first kappa shape index (κ1) is 16.1. The molecule has 0 bridgehead atoms. The van der Waals surface area contributed by atoms with Crippen molar-refractivity contribution in [2.75, 3.05) is 13.1 Å². The molecule has 1 aliphatic heterocycles. The summed E-state index contributed by atoms with van der Waals surface area (Å²) in [7, 11) is 0. The van der Waals surface area contributed by atoms with E-state index in [0.717, 1.165) is 25.0 Å². The minimum atomic E-state index is -0.288. The minimum absolute atomic E-state index is 0.288. The van der Waals surface area contributed by atoms with E-state index in [9.17, 15) is 4.79 Å². The number of hydrogen-bond donors (Lipinski definition) is 0. The van der Waals surface area contributed by atoms with E-state index >= 15 is 0 Å². The Bertz CT molecular complexity index is 919. The summed E-state index contributed by atoms with van der Waals surface area (Å²) < 4.78 is 5.30. The molecule has 128 valence electrons. The molecule has 1 aliphatic rings. The van der Waals surface area contributed by atoms with Crippen LogP contribution < -0.4 is 5.63 Å². The molecule has 1 saturated heterocycles. The van der Waals surface area contributed by atoms with Gasteiger partial charge in [-0.15, -0.1) is 0 Å². The van der Waals surface area contributed by atoms with E-state index in [1.165, 1.54) is 35.6 Å². The maximum absolute atomic E-state index is 11.4. The van der Waals surface area contributed by atoms with Gasteiger partial charge in [-0.2, -0.15) is 0 Å². The van der Waals surface area contributed by atoms with Crippen molar-refractivity contribution in [1.82, 2.24) is 4.90 Å². The summed E-state index contributed by atoms with van der Waals surface area (Å²) in [5.41, 5.74) is 4.39. The lowest BCUT2D eigenvalue weighted by molar-refractivity contribution is 0.204. The van der Waals surface area contributed by atoms with Crippen LogP contribution in [-0.2, 0) is 6.54 Å². The van der Waals surface area contributed by atoms with Gasteiger partial charge in [0.25, 0.3) is 0 Å². The quantitative estimate of drug-likeness (QED) is 0.663. The topological polar surface area (TPSA) is 33.5 Å². The molecule has 0 N–H and O–H groups in total. The fraction of sp³-hybridized carbons (Fsp3) is 0.318. The van der Waals surface area contributed by atoms with Crippen LogP contribution in [-0.4, -0.2) is 18.0 Å². The molecular formula is C22H23NO2. The normalized spacial score (nSPS) is 16.4. The van der Waals surface area contributed by atoms with Crippen molar-refractivity contribution in [3.8, 4) is 0 Å². The Morgan fingerprint density at radius 2 is 1.72 bits per heavy atom. The van der Waals surface area contributed by atoms with Gasteiger partial charge in [-0.3, -0.25) is 4.90 Å². The van der Waals surface area contributed by atoms with Crippen molar-refractivity contribution in [2.24, 2.45) is 0 Å². The summed E-state index contributed by atoms with van der Waals surface area (Å²) in [6.45, 7) is 5.26. The van der Waals surface area contributed by atoms with Crippen molar-refractivity contribution in [3.05, 3.63) is 81.7 Å². The van der Waals surface area contributed by atoms with Gasteiger partial charge in [0.1, 0.15) is 5.58 Å². The molecule has 0 saturated carbocycles. The van der Waals surface area contributed by atoms with Crippen LogP contribution in [0.15, 0.2) is 63.8 Å². The van der Waals surface area contributed by atoms with Gasteiger partial charge in [0.05, 0.1) is 0 Å². The van der Waals surface area contributed by atoms with Gasteiger partial charge in [0.2, 0.25) is 0 Å². The van der Waals surface area contributed by atoms with E-state index in [-0.39, 0.29) is 5.63 Å². The molecule has 2 heterocycles. The Hall–Kier alpha value is -2.39. The van der Waals surface area contributed by atoms with Crippen LogP contribution in [0.4, 0.5) is 0 Å². The molecule has 3 nitrogen and oxygen atoms in total. The summed E-state index contributed by atoms with van der Waals surface area (Å²) in [6, 6.07) is 18.4. The molecule has 0 radical (unpaired) electrons. The number of nitrogens with zero attached hydrogens (tertiary/aromatic N) is 1. The van der Waals surface area contributed by atoms with Crippen molar-refractivity contribution in [2.45, 2.75) is 32.2 Å². The Morgan fingerprint density at radius 1 is 1.00 bits per heavy atom. The molecule has 0 spiro atoms. The molecule has 4 rings (SSSR count). The monoisotopic (exact) mass is 333 g/mol. The van der Waals surface area contributed by atoms with Gasteiger partial charge < -0.3 is 4.42 Å². The highest BCUT2D eigenvalue weighted by Crippen LogP contribution is 2.29. The predicted molar refractivity (Wildman–Crippen MR) is 101 cm³/mol. The SMILES string of the molecule is Cc1ccc(C2CCN(Cc3ccc4ccc(=O)oc4c3)CC2)cc1. The Labute approximate surface area is 147 Å². The molecule has 1 fully saturated rings. The number of hydrogen-bond acceptors (Lipinski definition) is 3. The number of aryl methyl sites for hydroxylation is 1. The lowest BCUT2D eigenvalue weighted by atomic mass is 9.89. The average molecular weight is 333 g/mol. The zero-order valence-electron chi connectivity index (χ0n) is 14.6. The second kappa shape index (κ2) is 6.85. The van der Waals surface area contributed by atoms with Crippen LogP contribution >= 0.6 is 0 Å². The molecule has 1 aromatic heterocycles. The maximum Gasteiger partial charge on any atom is 0.336 e. The minimum Gasteiger partial charge on any atom is -0.423 e. The molecule has 0 aliphatic carbocycles. The molecule has 3 aromatic rings. The van der Waals surface area contributed by atoms with Crippen molar-refractivity contribution >= 4 is 11.0 Å². The molecule has 0 atom stereocenters. The van der Waals surface area contributed by atoms with Crippen LogP contribution in [0, 0.1) is 6.92 Å². The first-order valence-electron chi connectivity index (χ1n) is 8.99. The summed E-state index contributed by atoms with van der Waals surface area (Å²) in [5.74, 6) is 0.673. The van der Waals surface area contributed by atoms with Crippen molar-refractivity contribution in [1.29, 1.82) is 0 Å². The second-order valence-electron chi connectivity index (χ2n) is 7.09. The van der Waals surface area contributed by atoms with Gasteiger partial charge in [0.15, 0.2) is 0 Å². The Balaban J connectivity index is 1.41. The van der Waals surface area contributed by atoms with Crippen LogP contribution in [0.5, 0.6) is 0 Å². The summed E-state index contributed by atoms with van der Waals surface area (Å²) >= 11 is 0. The molecule has 0 unspecified atom stereocenters. The summed E-state index contributed by atoms with van der Waals surface area (Å²) in [6.07, 6.45) is 2.40. The standard InChI is InChI=1S/C22H23NO2/c1-16-2-5-18(6-3-16)19-10-12-23(13-11-19)15-17-4-7-20-8-9-22(24)25-21(20)14-17/h2-9,14,19H,10-13,15H2,1H3. The lowest BCUT2D eigenvalue weighted by Gasteiger charge is -2.32. The largest absolute Gasteiger partial charge is 0.423 e. The number of rotatable bonds is 3. The molecule has 2 aromatic carbocycles. The Kier molecular flexibility index (Phi) is 4.41. The zero-order chi connectivity index (χ0) is 17.2. The highest BCUT2D eigenvalue weighted by molar-refractivity contribution is 5.76. The van der Waals surface area contributed by atoms with Gasteiger partial charge in [-0.25, -0.2) is 4.79 Å².